The predicted molar refractivity (Wildman–Crippen MR) is 154 cm³/mol. The monoisotopic (exact) mass is 620 g/mol. The summed E-state index contributed by atoms with van der Waals surface area (Å²) in [7, 11) is 0. The van der Waals surface area contributed by atoms with Crippen molar-refractivity contribution < 1.29 is 14.4 Å². The van der Waals surface area contributed by atoms with Crippen molar-refractivity contribution >= 4 is 68.1 Å². The SMILES string of the molecule is Cc1ccc(NC(=O)Cn2c3c(sc2=O)[C@@H](c2cccnc2)[C@@H]2C(=O)N(c4ccc(Br)cc4)C(=O)[C@@H]2S3)cc1. The Balaban J connectivity index is 1.39. The van der Waals surface area contributed by atoms with Crippen LogP contribution in [0.4, 0.5) is 11.4 Å². The zero-order valence-corrected chi connectivity index (χ0v) is 23.8. The lowest BCUT2D eigenvalue weighted by Crippen LogP contribution is -2.33. The van der Waals surface area contributed by atoms with Gasteiger partial charge >= 0.3 is 4.87 Å². The summed E-state index contributed by atoms with van der Waals surface area (Å²) < 4.78 is 2.24. The first-order valence-electron chi connectivity index (χ1n) is 12.1. The van der Waals surface area contributed by atoms with Crippen LogP contribution < -0.4 is 15.1 Å². The van der Waals surface area contributed by atoms with Gasteiger partial charge in [-0.25, -0.2) is 4.90 Å². The van der Waals surface area contributed by atoms with Crippen molar-refractivity contribution in [3.63, 3.8) is 0 Å². The summed E-state index contributed by atoms with van der Waals surface area (Å²) in [5.74, 6) is -2.27. The summed E-state index contributed by atoms with van der Waals surface area (Å²) in [6.07, 6.45) is 3.30. The van der Waals surface area contributed by atoms with E-state index >= 15 is 0 Å². The molecule has 2 aliphatic rings. The van der Waals surface area contributed by atoms with Gasteiger partial charge in [-0.15, -0.1) is 0 Å². The van der Waals surface area contributed by atoms with Crippen molar-refractivity contribution in [3.05, 3.63) is 103 Å². The fourth-order valence-corrected chi connectivity index (χ4v) is 8.04. The van der Waals surface area contributed by atoms with Crippen LogP contribution in [0, 0.1) is 12.8 Å². The van der Waals surface area contributed by atoms with Gasteiger partial charge in [-0.1, -0.05) is 62.8 Å². The summed E-state index contributed by atoms with van der Waals surface area (Å²) in [5.41, 5.74) is 2.93. The molecule has 4 aromatic rings. The number of rotatable bonds is 5. The minimum Gasteiger partial charge on any atom is -0.325 e. The summed E-state index contributed by atoms with van der Waals surface area (Å²) in [6.45, 7) is 1.75. The Morgan fingerprint density at radius 1 is 1.03 bits per heavy atom. The van der Waals surface area contributed by atoms with E-state index in [-0.39, 0.29) is 29.1 Å². The minimum absolute atomic E-state index is 0.207. The third-order valence-corrected chi connectivity index (χ3v) is 9.95. The van der Waals surface area contributed by atoms with Gasteiger partial charge in [-0.3, -0.25) is 28.7 Å². The number of anilines is 2. The van der Waals surface area contributed by atoms with E-state index in [0.29, 0.717) is 21.3 Å². The summed E-state index contributed by atoms with van der Waals surface area (Å²) in [5, 5.41) is 2.62. The Bertz CT molecular complexity index is 1650. The van der Waals surface area contributed by atoms with E-state index in [1.54, 1.807) is 54.9 Å². The number of carbonyl (C=O) groups excluding carboxylic acids is 3. The van der Waals surface area contributed by atoms with Gasteiger partial charge in [-0.2, -0.15) is 0 Å². The number of hydrogen-bond donors (Lipinski definition) is 1. The molecule has 0 radical (unpaired) electrons. The highest BCUT2D eigenvalue weighted by Gasteiger charge is 2.56. The Morgan fingerprint density at radius 3 is 2.46 bits per heavy atom. The molecule has 2 aliphatic heterocycles. The number of hydrogen-bond acceptors (Lipinski definition) is 7. The van der Waals surface area contributed by atoms with E-state index in [2.05, 4.69) is 26.2 Å². The van der Waals surface area contributed by atoms with Crippen molar-refractivity contribution in [2.24, 2.45) is 5.92 Å². The van der Waals surface area contributed by atoms with Gasteiger partial charge in [-0.05, 0) is 55.0 Å². The average molecular weight is 622 g/mol. The quantitative estimate of drug-likeness (QED) is 0.321. The normalized spacial score (nSPS) is 20.1. The fourth-order valence-electron chi connectivity index (χ4n) is 5.00. The number of aromatic nitrogens is 2. The molecule has 1 fully saturated rings. The van der Waals surface area contributed by atoms with E-state index in [1.165, 1.54) is 21.2 Å². The number of aryl methyl sites for hydroxylation is 1. The number of pyridine rings is 1. The van der Waals surface area contributed by atoms with Crippen molar-refractivity contribution in [3.8, 4) is 0 Å². The molecule has 6 rings (SSSR count). The van der Waals surface area contributed by atoms with Crippen LogP contribution in [0.1, 0.15) is 21.9 Å². The van der Waals surface area contributed by atoms with Crippen LogP contribution in [-0.4, -0.2) is 32.5 Å². The molecule has 3 amide bonds. The Labute approximate surface area is 240 Å². The standard InChI is InChI=1S/C28H21BrN4O4S2/c1-15-4-8-18(9-5-15)31-20(34)14-32-27-24(39-28(32)37)21(16-3-2-12-30-13-16)22-23(38-27)26(36)33(25(22)35)19-10-6-17(29)7-11-19/h2-13,21-23H,14H2,1H3,(H,31,34)/t21-,22-,23+/m0/s1. The minimum atomic E-state index is -0.751. The van der Waals surface area contributed by atoms with Gasteiger partial charge in [0.2, 0.25) is 17.7 Å². The molecular weight excluding hydrogens is 600 g/mol. The number of nitrogens with one attached hydrogen (secondary N) is 1. The van der Waals surface area contributed by atoms with E-state index in [4.69, 9.17) is 0 Å². The molecule has 2 aromatic carbocycles. The average Bonchev–Trinajstić information content (AvgIpc) is 3.37. The largest absolute Gasteiger partial charge is 0.325 e. The van der Waals surface area contributed by atoms with E-state index in [1.807, 2.05) is 25.1 Å². The summed E-state index contributed by atoms with van der Waals surface area (Å²) in [4.78, 5) is 59.5. The van der Waals surface area contributed by atoms with Gasteiger partial charge in [0.1, 0.15) is 11.8 Å². The number of imide groups is 1. The van der Waals surface area contributed by atoms with Crippen LogP contribution in [-0.2, 0) is 20.9 Å². The van der Waals surface area contributed by atoms with Gasteiger partial charge in [0.15, 0.2) is 0 Å². The van der Waals surface area contributed by atoms with E-state index < -0.39 is 17.1 Å². The van der Waals surface area contributed by atoms with Gasteiger partial charge in [0.25, 0.3) is 0 Å². The van der Waals surface area contributed by atoms with Crippen LogP contribution in [0.3, 0.4) is 0 Å². The maximum absolute atomic E-state index is 13.8. The van der Waals surface area contributed by atoms with Crippen molar-refractivity contribution in [1.29, 1.82) is 0 Å². The van der Waals surface area contributed by atoms with Crippen molar-refractivity contribution in [2.45, 2.75) is 29.7 Å². The fraction of sp³-hybridized carbons (Fsp3) is 0.179. The molecule has 196 valence electrons. The third-order valence-electron chi connectivity index (χ3n) is 6.81. The lowest BCUT2D eigenvalue weighted by molar-refractivity contribution is -0.122. The highest BCUT2D eigenvalue weighted by atomic mass is 79.9. The predicted octanol–water partition coefficient (Wildman–Crippen LogP) is 4.81. The smallest absolute Gasteiger partial charge is 0.308 e. The third kappa shape index (κ3) is 4.64. The second-order valence-electron chi connectivity index (χ2n) is 9.35. The summed E-state index contributed by atoms with van der Waals surface area (Å²) in [6, 6.07) is 18.0. The maximum atomic E-state index is 13.8. The second kappa shape index (κ2) is 10.2. The Kier molecular flexibility index (Phi) is 6.74. The Hall–Kier alpha value is -3.54. The molecule has 0 unspecified atom stereocenters. The molecule has 0 aliphatic carbocycles. The number of halogens is 1. The molecular formula is C28H21BrN4O4S2. The number of nitrogens with zero attached hydrogens (tertiary/aromatic N) is 3. The molecule has 0 saturated carbocycles. The number of thiazole rings is 1. The highest BCUT2D eigenvalue weighted by molar-refractivity contribution is 9.10. The molecule has 3 atom stereocenters. The zero-order chi connectivity index (χ0) is 27.3. The van der Waals surface area contributed by atoms with Gasteiger partial charge in [0.05, 0.1) is 16.6 Å². The van der Waals surface area contributed by atoms with Crippen molar-refractivity contribution in [2.75, 3.05) is 10.2 Å². The second-order valence-corrected chi connectivity index (χ2v) is 12.4. The molecule has 8 nitrogen and oxygen atoms in total. The van der Waals surface area contributed by atoms with Gasteiger partial charge < -0.3 is 5.32 Å². The molecule has 11 heteroatoms. The number of fused-ring (bicyclic) bond motifs is 2. The van der Waals surface area contributed by atoms with Gasteiger partial charge in [0, 0.05) is 33.3 Å². The number of amides is 3. The topological polar surface area (TPSA) is 101 Å². The van der Waals surface area contributed by atoms with Crippen molar-refractivity contribution in [1.82, 2.24) is 9.55 Å². The first kappa shape index (κ1) is 25.7. The first-order valence-corrected chi connectivity index (χ1v) is 14.6. The lowest BCUT2D eigenvalue weighted by atomic mass is 9.84. The lowest BCUT2D eigenvalue weighted by Gasteiger charge is -2.30. The summed E-state index contributed by atoms with van der Waals surface area (Å²) >= 11 is 5.60. The van der Waals surface area contributed by atoms with Crippen LogP contribution in [0.25, 0.3) is 0 Å². The van der Waals surface area contributed by atoms with E-state index in [0.717, 1.165) is 26.9 Å². The van der Waals surface area contributed by atoms with E-state index in [9.17, 15) is 19.2 Å². The van der Waals surface area contributed by atoms with Crippen LogP contribution in [0.15, 0.2) is 87.4 Å². The molecule has 39 heavy (non-hydrogen) atoms. The molecule has 0 spiro atoms. The van der Waals surface area contributed by atoms with Crippen LogP contribution in [0.5, 0.6) is 0 Å². The zero-order valence-electron chi connectivity index (χ0n) is 20.5. The highest BCUT2D eigenvalue weighted by Crippen LogP contribution is 2.53. The molecule has 4 heterocycles. The number of benzene rings is 2. The van der Waals surface area contributed by atoms with Crippen LogP contribution in [0.2, 0.25) is 0 Å². The molecule has 1 saturated heterocycles. The molecule has 2 aromatic heterocycles. The first-order chi connectivity index (χ1) is 18.8. The number of thioether (sulfide) groups is 1. The molecule has 1 N–H and O–H groups in total. The Morgan fingerprint density at radius 2 is 1.77 bits per heavy atom. The number of carbonyl (C=O) groups is 3. The molecule has 0 bridgehead atoms. The maximum Gasteiger partial charge on any atom is 0.308 e. The van der Waals surface area contributed by atoms with Crippen LogP contribution >= 0.6 is 39.0 Å².